The van der Waals surface area contributed by atoms with Crippen LogP contribution in [-0.2, 0) is 6.61 Å². The van der Waals surface area contributed by atoms with Gasteiger partial charge >= 0.3 is 0 Å². The van der Waals surface area contributed by atoms with Crippen LogP contribution in [0.1, 0.15) is 29.4 Å². The quantitative estimate of drug-likeness (QED) is 0.782. The number of pyridine rings is 2. The Morgan fingerprint density at radius 1 is 1.41 bits per heavy atom. The molecule has 0 aliphatic heterocycles. The minimum absolute atomic E-state index is 0.169. The van der Waals surface area contributed by atoms with Gasteiger partial charge in [-0.1, -0.05) is 6.92 Å². The fourth-order valence-corrected chi connectivity index (χ4v) is 1.58. The third-order valence-electron chi connectivity index (χ3n) is 2.53. The first kappa shape index (κ1) is 11.5. The summed E-state index contributed by atoms with van der Waals surface area (Å²) < 4.78 is 0. The molecule has 0 radical (unpaired) electrons. The molecule has 2 rings (SSSR count). The van der Waals surface area contributed by atoms with E-state index >= 15 is 0 Å². The van der Waals surface area contributed by atoms with Gasteiger partial charge in [0.25, 0.3) is 0 Å². The first-order valence-corrected chi connectivity index (χ1v) is 5.29. The van der Waals surface area contributed by atoms with Crippen LogP contribution in [0.2, 0.25) is 0 Å². The maximum absolute atomic E-state index is 11.6. The molecule has 88 valence electrons. The van der Waals surface area contributed by atoms with Crippen LogP contribution in [0.25, 0.3) is 11.0 Å². The molecule has 0 atom stereocenters. The molecule has 2 aromatic heterocycles. The molecule has 2 N–H and O–H groups in total. The number of fused-ring (bicyclic) bond motifs is 1. The van der Waals surface area contributed by atoms with E-state index in [0.29, 0.717) is 17.6 Å². The molecule has 2 heterocycles. The van der Waals surface area contributed by atoms with Gasteiger partial charge < -0.3 is 10.2 Å². The van der Waals surface area contributed by atoms with Gasteiger partial charge in [0, 0.05) is 12.6 Å². The topological polar surface area (TPSA) is 83.3 Å². The fraction of sp³-hybridized carbons (Fsp3) is 0.250. The minimum Gasteiger partial charge on any atom is -0.505 e. The molecule has 5 heteroatoms. The van der Waals surface area contributed by atoms with Crippen LogP contribution in [0.15, 0.2) is 18.3 Å². The third-order valence-corrected chi connectivity index (χ3v) is 2.53. The smallest absolute Gasteiger partial charge is 0.167 e. The van der Waals surface area contributed by atoms with Crippen molar-refractivity contribution in [2.45, 2.75) is 20.0 Å². The summed E-state index contributed by atoms with van der Waals surface area (Å²) in [6, 6.07) is 3.27. The number of hydrogen-bond donors (Lipinski definition) is 2. The largest absolute Gasteiger partial charge is 0.505 e. The van der Waals surface area contributed by atoms with Crippen LogP contribution in [0.3, 0.4) is 0 Å². The molecule has 0 fully saturated rings. The van der Waals surface area contributed by atoms with Crippen molar-refractivity contribution in [2.24, 2.45) is 0 Å². The van der Waals surface area contributed by atoms with E-state index < -0.39 is 0 Å². The molecular formula is C12H12N2O3. The highest BCUT2D eigenvalue weighted by molar-refractivity contribution is 6.02. The second-order valence-corrected chi connectivity index (χ2v) is 3.63. The maximum atomic E-state index is 11.6. The molecule has 0 saturated carbocycles. The van der Waals surface area contributed by atoms with Crippen molar-refractivity contribution < 1.29 is 15.0 Å². The zero-order valence-electron chi connectivity index (χ0n) is 9.34. The lowest BCUT2D eigenvalue weighted by molar-refractivity contribution is 0.0985. The molecule has 0 amide bonds. The first-order valence-electron chi connectivity index (χ1n) is 5.29. The highest BCUT2D eigenvalue weighted by atomic mass is 16.3. The summed E-state index contributed by atoms with van der Waals surface area (Å²) in [5, 5.41) is 18.9. The van der Waals surface area contributed by atoms with E-state index in [4.69, 9.17) is 5.11 Å². The molecule has 0 aliphatic rings. The molecule has 0 aromatic carbocycles. The predicted molar refractivity (Wildman–Crippen MR) is 61.7 cm³/mol. The Hall–Kier alpha value is -2.01. The summed E-state index contributed by atoms with van der Waals surface area (Å²) in [4.78, 5) is 19.7. The lowest BCUT2D eigenvalue weighted by Crippen LogP contribution is -2.00. The van der Waals surface area contributed by atoms with Gasteiger partial charge in [-0.05, 0) is 12.1 Å². The van der Waals surface area contributed by atoms with Crippen LogP contribution in [-0.4, -0.2) is 26.0 Å². The van der Waals surface area contributed by atoms with Gasteiger partial charge in [0.1, 0.15) is 5.52 Å². The van der Waals surface area contributed by atoms with Crippen molar-refractivity contribution in [3.63, 3.8) is 0 Å². The van der Waals surface area contributed by atoms with Crippen molar-refractivity contribution in [3.8, 4) is 5.75 Å². The van der Waals surface area contributed by atoms with E-state index in [1.165, 1.54) is 6.20 Å². The third kappa shape index (κ3) is 1.97. The first-order chi connectivity index (χ1) is 8.17. The number of aromatic nitrogens is 2. The molecule has 17 heavy (non-hydrogen) atoms. The Balaban J connectivity index is 2.68. The number of nitrogens with zero attached hydrogens (tertiary/aromatic N) is 2. The van der Waals surface area contributed by atoms with Gasteiger partial charge in [-0.2, -0.15) is 0 Å². The summed E-state index contributed by atoms with van der Waals surface area (Å²) in [6.45, 7) is 1.49. The van der Waals surface area contributed by atoms with E-state index in [-0.39, 0.29) is 29.2 Å². The number of hydrogen-bond acceptors (Lipinski definition) is 5. The average molecular weight is 232 g/mol. The molecule has 0 spiro atoms. The van der Waals surface area contributed by atoms with E-state index in [9.17, 15) is 9.90 Å². The number of aliphatic hydroxyl groups excluding tert-OH is 1. The number of carbonyl (C=O) groups excluding carboxylic acids is 1. The fourth-order valence-electron chi connectivity index (χ4n) is 1.58. The number of aromatic hydroxyl groups is 1. The molecule has 2 aromatic rings. The van der Waals surface area contributed by atoms with Gasteiger partial charge in [-0.3, -0.25) is 9.78 Å². The summed E-state index contributed by atoms with van der Waals surface area (Å²) in [7, 11) is 0. The standard InChI is InChI=1S/C12H12N2O3/c1-2-10(16)8-5-13-9-4-3-7(6-15)14-11(9)12(8)17/h3-5,15H,2,6H2,1H3,(H,13,17). The van der Waals surface area contributed by atoms with Crippen molar-refractivity contribution in [1.29, 1.82) is 0 Å². The van der Waals surface area contributed by atoms with Crippen molar-refractivity contribution >= 4 is 16.8 Å². The van der Waals surface area contributed by atoms with Gasteiger partial charge in [-0.25, -0.2) is 4.98 Å². The van der Waals surface area contributed by atoms with Crippen LogP contribution in [0.4, 0.5) is 0 Å². The Bertz CT molecular complexity index is 581. The molecule has 0 bridgehead atoms. The Morgan fingerprint density at radius 3 is 2.82 bits per heavy atom. The number of ketones is 1. The molecule has 0 unspecified atom stereocenters. The second-order valence-electron chi connectivity index (χ2n) is 3.63. The Kier molecular flexibility index (Phi) is 3.01. The van der Waals surface area contributed by atoms with E-state index in [2.05, 4.69) is 9.97 Å². The lowest BCUT2D eigenvalue weighted by Gasteiger charge is -2.05. The average Bonchev–Trinajstić information content (AvgIpc) is 2.38. The van der Waals surface area contributed by atoms with Crippen molar-refractivity contribution in [2.75, 3.05) is 0 Å². The number of rotatable bonds is 3. The van der Waals surface area contributed by atoms with Gasteiger partial charge in [0.2, 0.25) is 0 Å². The van der Waals surface area contributed by atoms with Crippen LogP contribution in [0.5, 0.6) is 5.75 Å². The van der Waals surface area contributed by atoms with Gasteiger partial charge in [-0.15, -0.1) is 0 Å². The highest BCUT2D eigenvalue weighted by Gasteiger charge is 2.14. The van der Waals surface area contributed by atoms with Crippen molar-refractivity contribution in [1.82, 2.24) is 9.97 Å². The summed E-state index contributed by atoms with van der Waals surface area (Å²) in [5.41, 5.74) is 1.33. The summed E-state index contributed by atoms with van der Waals surface area (Å²) in [6.07, 6.45) is 1.64. The lowest BCUT2D eigenvalue weighted by atomic mass is 10.1. The van der Waals surface area contributed by atoms with Crippen molar-refractivity contribution in [3.05, 3.63) is 29.6 Å². The van der Waals surface area contributed by atoms with E-state index in [0.717, 1.165) is 0 Å². The Morgan fingerprint density at radius 2 is 2.18 bits per heavy atom. The summed E-state index contributed by atoms with van der Waals surface area (Å²) >= 11 is 0. The second kappa shape index (κ2) is 4.47. The van der Waals surface area contributed by atoms with Gasteiger partial charge in [0.05, 0.1) is 23.4 Å². The van der Waals surface area contributed by atoms with Crippen LogP contribution in [0, 0.1) is 0 Å². The molecule has 0 saturated heterocycles. The molecular weight excluding hydrogens is 220 g/mol. The van der Waals surface area contributed by atoms with Crippen LogP contribution >= 0.6 is 0 Å². The minimum atomic E-state index is -0.221. The summed E-state index contributed by atoms with van der Waals surface area (Å²) in [5.74, 6) is -0.356. The maximum Gasteiger partial charge on any atom is 0.167 e. The predicted octanol–water partition coefficient (Wildman–Crippen LogP) is 1.42. The Labute approximate surface area is 97.8 Å². The molecule has 0 aliphatic carbocycles. The monoisotopic (exact) mass is 232 g/mol. The normalized spacial score (nSPS) is 10.7. The molecule has 5 nitrogen and oxygen atoms in total. The van der Waals surface area contributed by atoms with Crippen LogP contribution < -0.4 is 0 Å². The number of carbonyl (C=O) groups is 1. The highest BCUT2D eigenvalue weighted by Crippen LogP contribution is 2.26. The zero-order valence-corrected chi connectivity index (χ0v) is 9.34. The number of aliphatic hydroxyl groups is 1. The van der Waals surface area contributed by atoms with E-state index in [1.54, 1.807) is 19.1 Å². The SMILES string of the molecule is CCC(=O)c1cnc2ccc(CO)nc2c1O. The van der Waals surface area contributed by atoms with E-state index in [1.807, 2.05) is 0 Å². The van der Waals surface area contributed by atoms with Gasteiger partial charge in [0.15, 0.2) is 11.5 Å². The number of Topliss-reactive ketones (excluding diaryl/α,β-unsaturated/α-hetero) is 1. The zero-order chi connectivity index (χ0) is 12.4.